The van der Waals surface area contributed by atoms with Crippen LogP contribution in [0.15, 0.2) is 24.3 Å². The highest BCUT2D eigenvalue weighted by atomic mass is 35.5. The van der Waals surface area contributed by atoms with Crippen LogP contribution in [0.4, 0.5) is 0 Å². The van der Waals surface area contributed by atoms with Crippen LogP contribution in [0.25, 0.3) is 11.3 Å². The van der Waals surface area contributed by atoms with Gasteiger partial charge in [0.2, 0.25) is 0 Å². The summed E-state index contributed by atoms with van der Waals surface area (Å²) in [5.41, 5.74) is 4.20. The minimum Gasteiger partial charge on any atom is -0.493 e. The third-order valence-electron chi connectivity index (χ3n) is 3.01. The lowest BCUT2D eigenvalue weighted by molar-refractivity contribution is 0.357. The Labute approximate surface area is 111 Å². The zero-order chi connectivity index (χ0) is 12.5. The zero-order valence-electron chi connectivity index (χ0n) is 10.1. The third-order valence-corrected chi connectivity index (χ3v) is 3.24. The highest BCUT2D eigenvalue weighted by molar-refractivity contribution is 6.16. The third kappa shape index (κ3) is 2.06. The second kappa shape index (κ2) is 4.58. The Balaban J connectivity index is 2.06. The molecule has 1 aromatic heterocycles. The van der Waals surface area contributed by atoms with Gasteiger partial charge in [-0.3, -0.25) is 0 Å². The van der Waals surface area contributed by atoms with E-state index < -0.39 is 0 Å². The van der Waals surface area contributed by atoms with Gasteiger partial charge in [-0.2, -0.15) is 0 Å². The molecule has 0 fully saturated rings. The van der Waals surface area contributed by atoms with E-state index in [4.69, 9.17) is 16.3 Å². The first-order chi connectivity index (χ1) is 8.76. The summed E-state index contributed by atoms with van der Waals surface area (Å²) < 4.78 is 5.50. The molecule has 0 N–H and O–H groups in total. The predicted molar refractivity (Wildman–Crippen MR) is 71.0 cm³/mol. The van der Waals surface area contributed by atoms with E-state index in [2.05, 4.69) is 16.0 Å². The molecule has 18 heavy (non-hydrogen) atoms. The van der Waals surface area contributed by atoms with Gasteiger partial charge >= 0.3 is 0 Å². The van der Waals surface area contributed by atoms with Crippen molar-refractivity contribution in [2.45, 2.75) is 19.2 Å². The standard InChI is InChI=1S/C14H13ClN2O/c1-9-6-12(17-14(8-15)16-9)10-2-3-13-11(7-10)4-5-18-13/h2-3,6-7H,4-5,8H2,1H3. The van der Waals surface area contributed by atoms with Gasteiger partial charge in [0.25, 0.3) is 0 Å². The van der Waals surface area contributed by atoms with E-state index in [-0.39, 0.29) is 0 Å². The van der Waals surface area contributed by atoms with Crippen LogP contribution in [0.3, 0.4) is 0 Å². The molecule has 92 valence electrons. The average molecular weight is 261 g/mol. The summed E-state index contributed by atoms with van der Waals surface area (Å²) in [6.07, 6.45) is 0.968. The molecule has 0 saturated heterocycles. The smallest absolute Gasteiger partial charge is 0.143 e. The van der Waals surface area contributed by atoms with Crippen LogP contribution in [0.2, 0.25) is 0 Å². The maximum atomic E-state index is 5.81. The number of halogens is 1. The fraction of sp³-hybridized carbons (Fsp3) is 0.286. The molecule has 3 nitrogen and oxygen atoms in total. The van der Waals surface area contributed by atoms with Crippen LogP contribution in [0.1, 0.15) is 17.1 Å². The first-order valence-corrected chi connectivity index (χ1v) is 6.46. The van der Waals surface area contributed by atoms with Gasteiger partial charge in [-0.05, 0) is 36.8 Å². The van der Waals surface area contributed by atoms with Crippen molar-refractivity contribution >= 4 is 11.6 Å². The molecular weight excluding hydrogens is 248 g/mol. The number of rotatable bonds is 2. The molecule has 1 aliphatic heterocycles. The van der Waals surface area contributed by atoms with E-state index in [0.29, 0.717) is 11.7 Å². The topological polar surface area (TPSA) is 35.0 Å². The van der Waals surface area contributed by atoms with Crippen LogP contribution in [0, 0.1) is 6.92 Å². The van der Waals surface area contributed by atoms with E-state index in [1.165, 1.54) is 5.56 Å². The predicted octanol–water partition coefficient (Wildman–Crippen LogP) is 3.13. The second-order valence-electron chi connectivity index (χ2n) is 4.37. The van der Waals surface area contributed by atoms with Crippen molar-refractivity contribution in [3.63, 3.8) is 0 Å². The lowest BCUT2D eigenvalue weighted by atomic mass is 10.1. The molecule has 0 spiro atoms. The Morgan fingerprint density at radius 3 is 3.00 bits per heavy atom. The first kappa shape index (κ1) is 11.5. The van der Waals surface area contributed by atoms with Crippen LogP contribution in [-0.4, -0.2) is 16.6 Å². The number of benzene rings is 1. The lowest BCUT2D eigenvalue weighted by Crippen LogP contribution is -1.96. The zero-order valence-corrected chi connectivity index (χ0v) is 10.9. The van der Waals surface area contributed by atoms with Crippen molar-refractivity contribution < 1.29 is 4.74 Å². The summed E-state index contributed by atoms with van der Waals surface area (Å²) >= 11 is 5.81. The molecule has 0 radical (unpaired) electrons. The molecule has 4 heteroatoms. The maximum Gasteiger partial charge on any atom is 0.143 e. The number of hydrogen-bond acceptors (Lipinski definition) is 3. The van der Waals surface area contributed by atoms with Gasteiger partial charge in [-0.1, -0.05) is 0 Å². The van der Waals surface area contributed by atoms with Gasteiger partial charge in [0.15, 0.2) is 0 Å². The van der Waals surface area contributed by atoms with Gasteiger partial charge in [-0.15, -0.1) is 11.6 Å². The number of hydrogen-bond donors (Lipinski definition) is 0. The molecule has 1 aromatic carbocycles. The lowest BCUT2D eigenvalue weighted by Gasteiger charge is -2.06. The number of aryl methyl sites for hydroxylation is 1. The highest BCUT2D eigenvalue weighted by Crippen LogP contribution is 2.29. The molecule has 0 saturated carbocycles. The van der Waals surface area contributed by atoms with Crippen molar-refractivity contribution in [3.8, 4) is 17.0 Å². The highest BCUT2D eigenvalue weighted by Gasteiger charge is 2.13. The van der Waals surface area contributed by atoms with Gasteiger partial charge in [-0.25, -0.2) is 9.97 Å². The van der Waals surface area contributed by atoms with Gasteiger partial charge < -0.3 is 4.74 Å². The number of aromatic nitrogens is 2. The van der Waals surface area contributed by atoms with E-state index in [0.717, 1.165) is 35.7 Å². The quantitative estimate of drug-likeness (QED) is 0.778. The fourth-order valence-corrected chi connectivity index (χ4v) is 2.30. The fourth-order valence-electron chi connectivity index (χ4n) is 2.18. The molecule has 2 aromatic rings. The van der Waals surface area contributed by atoms with Crippen molar-refractivity contribution in [2.24, 2.45) is 0 Å². The van der Waals surface area contributed by atoms with Crippen LogP contribution < -0.4 is 4.74 Å². The number of ether oxygens (including phenoxy) is 1. The summed E-state index contributed by atoms with van der Waals surface area (Å²) in [5, 5.41) is 0. The molecule has 1 aliphatic rings. The Morgan fingerprint density at radius 2 is 2.17 bits per heavy atom. The Bertz CT molecular complexity index is 598. The van der Waals surface area contributed by atoms with Crippen molar-refractivity contribution in [2.75, 3.05) is 6.61 Å². The van der Waals surface area contributed by atoms with E-state index in [1.807, 2.05) is 25.1 Å². The Kier molecular flexibility index (Phi) is 2.92. The summed E-state index contributed by atoms with van der Waals surface area (Å²) in [5.74, 6) is 1.99. The summed E-state index contributed by atoms with van der Waals surface area (Å²) in [4.78, 5) is 8.75. The van der Waals surface area contributed by atoms with E-state index in [1.54, 1.807) is 0 Å². The number of fused-ring (bicyclic) bond motifs is 1. The molecule has 0 bridgehead atoms. The molecule has 0 unspecified atom stereocenters. The van der Waals surface area contributed by atoms with Crippen LogP contribution >= 0.6 is 11.6 Å². The number of nitrogens with zero attached hydrogens (tertiary/aromatic N) is 2. The minimum absolute atomic E-state index is 0.336. The minimum atomic E-state index is 0.336. The average Bonchev–Trinajstić information content (AvgIpc) is 2.85. The number of alkyl halides is 1. The van der Waals surface area contributed by atoms with Crippen molar-refractivity contribution in [3.05, 3.63) is 41.3 Å². The van der Waals surface area contributed by atoms with Crippen LogP contribution in [0.5, 0.6) is 5.75 Å². The first-order valence-electron chi connectivity index (χ1n) is 5.93. The monoisotopic (exact) mass is 260 g/mol. The SMILES string of the molecule is Cc1cc(-c2ccc3c(c2)CCO3)nc(CCl)n1. The Hall–Kier alpha value is -1.61. The van der Waals surface area contributed by atoms with E-state index >= 15 is 0 Å². The summed E-state index contributed by atoms with van der Waals surface area (Å²) in [6.45, 7) is 2.73. The van der Waals surface area contributed by atoms with Crippen molar-refractivity contribution in [1.82, 2.24) is 9.97 Å². The maximum absolute atomic E-state index is 5.81. The molecule has 2 heterocycles. The summed E-state index contributed by atoms with van der Waals surface area (Å²) in [7, 11) is 0. The molecule has 0 atom stereocenters. The normalized spacial score (nSPS) is 13.2. The Morgan fingerprint density at radius 1 is 1.28 bits per heavy atom. The van der Waals surface area contributed by atoms with Crippen LogP contribution in [-0.2, 0) is 12.3 Å². The van der Waals surface area contributed by atoms with Crippen molar-refractivity contribution in [1.29, 1.82) is 0 Å². The molecule has 0 amide bonds. The van der Waals surface area contributed by atoms with Gasteiger partial charge in [0.1, 0.15) is 11.6 Å². The largest absolute Gasteiger partial charge is 0.493 e. The van der Waals surface area contributed by atoms with Gasteiger partial charge in [0, 0.05) is 17.7 Å². The second-order valence-corrected chi connectivity index (χ2v) is 4.63. The molecule has 0 aliphatic carbocycles. The van der Waals surface area contributed by atoms with Gasteiger partial charge in [0.05, 0.1) is 18.2 Å². The molecular formula is C14H13ClN2O. The summed E-state index contributed by atoms with van der Waals surface area (Å²) in [6, 6.07) is 8.16. The van der Waals surface area contributed by atoms with E-state index in [9.17, 15) is 0 Å². The molecule has 3 rings (SSSR count).